The molecule has 1 atom stereocenters. The van der Waals surface area contributed by atoms with Crippen LogP contribution in [0.25, 0.3) is 0 Å². The van der Waals surface area contributed by atoms with Crippen LogP contribution in [0.4, 0.5) is 0 Å². The van der Waals surface area contributed by atoms with Crippen molar-refractivity contribution in [2.45, 2.75) is 45.4 Å². The molecule has 1 aromatic rings. The maximum absolute atomic E-state index is 9.19. The largest absolute Gasteiger partial charge is 0.496 e. The van der Waals surface area contributed by atoms with E-state index in [-0.39, 0.29) is 11.3 Å². The molecule has 0 amide bonds. The minimum Gasteiger partial charge on any atom is -0.496 e. The van der Waals surface area contributed by atoms with Gasteiger partial charge in [0.1, 0.15) is 5.75 Å². The van der Waals surface area contributed by atoms with Crippen LogP contribution in [0, 0.1) is 11.3 Å². The topological polar surface area (TPSA) is 33.0 Å². The average molecular weight is 231 g/mol. The predicted octanol–water partition coefficient (Wildman–Crippen LogP) is 4.01. The van der Waals surface area contributed by atoms with E-state index in [9.17, 15) is 5.26 Å². The highest BCUT2D eigenvalue weighted by atomic mass is 16.5. The molecular formula is C15H21NO. The van der Waals surface area contributed by atoms with Crippen molar-refractivity contribution in [3.63, 3.8) is 0 Å². The second kappa shape index (κ2) is 5.23. The van der Waals surface area contributed by atoms with Crippen LogP contribution in [-0.4, -0.2) is 7.11 Å². The zero-order chi connectivity index (χ0) is 13.1. The second-order valence-corrected chi connectivity index (χ2v) is 5.30. The molecule has 92 valence electrons. The van der Waals surface area contributed by atoms with Crippen LogP contribution >= 0.6 is 0 Å². The molecule has 0 fully saturated rings. The third kappa shape index (κ3) is 3.00. The fourth-order valence-corrected chi connectivity index (χ4v) is 1.85. The summed E-state index contributed by atoms with van der Waals surface area (Å²) in [4.78, 5) is 0. The SMILES string of the molecule is CCC(C#N)c1cc(C(C)(C)C)ccc1OC. The Morgan fingerprint density at radius 2 is 2.00 bits per heavy atom. The molecule has 0 aliphatic carbocycles. The average Bonchev–Trinajstić information content (AvgIpc) is 2.29. The van der Waals surface area contributed by atoms with Gasteiger partial charge in [0.2, 0.25) is 0 Å². The van der Waals surface area contributed by atoms with E-state index >= 15 is 0 Å². The summed E-state index contributed by atoms with van der Waals surface area (Å²) in [6.45, 7) is 8.54. The standard InChI is InChI=1S/C15H21NO/c1-6-11(10-16)13-9-12(15(2,3)4)7-8-14(13)17-5/h7-9,11H,6H2,1-5H3. The summed E-state index contributed by atoms with van der Waals surface area (Å²) in [7, 11) is 1.65. The smallest absolute Gasteiger partial charge is 0.123 e. The summed E-state index contributed by atoms with van der Waals surface area (Å²) in [5.74, 6) is 0.721. The lowest BCUT2D eigenvalue weighted by Gasteiger charge is -2.22. The van der Waals surface area contributed by atoms with E-state index in [1.165, 1.54) is 5.56 Å². The van der Waals surface area contributed by atoms with Crippen LogP contribution in [0.1, 0.15) is 51.2 Å². The molecule has 2 nitrogen and oxygen atoms in total. The first-order valence-corrected chi connectivity index (χ1v) is 6.02. The van der Waals surface area contributed by atoms with E-state index in [2.05, 4.69) is 39.0 Å². The first-order chi connectivity index (χ1) is 7.93. The van der Waals surface area contributed by atoms with Crippen molar-refractivity contribution >= 4 is 0 Å². The number of hydrogen-bond acceptors (Lipinski definition) is 2. The summed E-state index contributed by atoms with van der Waals surface area (Å²) in [6, 6.07) is 8.49. The van der Waals surface area contributed by atoms with Gasteiger partial charge in [-0.25, -0.2) is 0 Å². The van der Waals surface area contributed by atoms with Crippen molar-refractivity contribution in [3.8, 4) is 11.8 Å². The van der Waals surface area contributed by atoms with Crippen LogP contribution in [0.2, 0.25) is 0 Å². The molecule has 2 heteroatoms. The summed E-state index contributed by atoms with van der Waals surface area (Å²) in [6.07, 6.45) is 0.806. The lowest BCUT2D eigenvalue weighted by molar-refractivity contribution is 0.407. The van der Waals surface area contributed by atoms with Gasteiger partial charge in [-0.1, -0.05) is 39.8 Å². The van der Waals surface area contributed by atoms with Crippen LogP contribution in [0.15, 0.2) is 18.2 Å². The Morgan fingerprint density at radius 3 is 2.41 bits per heavy atom. The summed E-state index contributed by atoms with van der Waals surface area (Å²) >= 11 is 0. The van der Waals surface area contributed by atoms with Gasteiger partial charge in [0.25, 0.3) is 0 Å². The number of benzene rings is 1. The van der Waals surface area contributed by atoms with Crippen molar-refractivity contribution in [2.75, 3.05) is 7.11 Å². The molecule has 0 saturated heterocycles. The molecule has 0 spiro atoms. The van der Waals surface area contributed by atoms with E-state index in [1.807, 2.05) is 13.0 Å². The maximum atomic E-state index is 9.19. The molecule has 1 rings (SSSR count). The maximum Gasteiger partial charge on any atom is 0.123 e. The molecule has 0 N–H and O–H groups in total. The normalized spacial score (nSPS) is 12.9. The van der Waals surface area contributed by atoms with Crippen molar-refractivity contribution < 1.29 is 4.74 Å². The first-order valence-electron chi connectivity index (χ1n) is 6.02. The highest BCUT2D eigenvalue weighted by Crippen LogP contribution is 2.33. The third-order valence-electron chi connectivity index (χ3n) is 3.04. The highest BCUT2D eigenvalue weighted by molar-refractivity contribution is 5.43. The Kier molecular flexibility index (Phi) is 4.17. The second-order valence-electron chi connectivity index (χ2n) is 5.30. The summed E-state index contributed by atoms with van der Waals surface area (Å²) in [5, 5.41) is 9.19. The van der Waals surface area contributed by atoms with E-state index < -0.39 is 0 Å². The molecule has 0 radical (unpaired) electrons. The number of nitriles is 1. The van der Waals surface area contributed by atoms with Gasteiger partial charge in [-0.05, 0) is 23.5 Å². The van der Waals surface area contributed by atoms with Gasteiger partial charge in [0.15, 0.2) is 0 Å². The quantitative estimate of drug-likeness (QED) is 0.787. The molecule has 0 saturated carbocycles. The fraction of sp³-hybridized carbons (Fsp3) is 0.533. The van der Waals surface area contributed by atoms with Crippen LogP contribution in [0.3, 0.4) is 0 Å². The van der Waals surface area contributed by atoms with E-state index in [0.717, 1.165) is 17.7 Å². The molecule has 0 aliphatic rings. The van der Waals surface area contributed by atoms with Crippen molar-refractivity contribution in [1.29, 1.82) is 5.26 Å². The number of ether oxygens (including phenoxy) is 1. The van der Waals surface area contributed by atoms with Crippen LogP contribution in [0.5, 0.6) is 5.75 Å². The Bertz CT molecular complexity index is 424. The van der Waals surface area contributed by atoms with Crippen molar-refractivity contribution in [2.24, 2.45) is 0 Å². The molecule has 0 aromatic heterocycles. The lowest BCUT2D eigenvalue weighted by Crippen LogP contribution is -2.12. The summed E-state index contributed by atoms with van der Waals surface area (Å²) in [5.41, 5.74) is 2.33. The Balaban J connectivity index is 3.30. The van der Waals surface area contributed by atoms with Crippen LogP contribution < -0.4 is 4.74 Å². The van der Waals surface area contributed by atoms with E-state index in [1.54, 1.807) is 7.11 Å². The number of rotatable bonds is 3. The Morgan fingerprint density at radius 1 is 1.35 bits per heavy atom. The number of hydrogen-bond donors (Lipinski definition) is 0. The molecule has 1 aromatic carbocycles. The van der Waals surface area contributed by atoms with Gasteiger partial charge in [-0.3, -0.25) is 0 Å². The molecule has 0 bridgehead atoms. The van der Waals surface area contributed by atoms with Crippen molar-refractivity contribution in [3.05, 3.63) is 29.3 Å². The third-order valence-corrected chi connectivity index (χ3v) is 3.04. The number of nitrogens with zero attached hydrogens (tertiary/aromatic N) is 1. The van der Waals surface area contributed by atoms with Crippen LogP contribution in [-0.2, 0) is 5.41 Å². The summed E-state index contributed by atoms with van der Waals surface area (Å²) < 4.78 is 5.35. The van der Waals surface area contributed by atoms with E-state index in [4.69, 9.17) is 4.74 Å². The van der Waals surface area contributed by atoms with Crippen molar-refractivity contribution in [1.82, 2.24) is 0 Å². The molecule has 17 heavy (non-hydrogen) atoms. The van der Waals surface area contributed by atoms with Gasteiger partial charge in [0, 0.05) is 5.56 Å². The van der Waals surface area contributed by atoms with Gasteiger partial charge in [-0.15, -0.1) is 0 Å². The monoisotopic (exact) mass is 231 g/mol. The first kappa shape index (κ1) is 13.6. The predicted molar refractivity (Wildman–Crippen MR) is 70.3 cm³/mol. The fourth-order valence-electron chi connectivity index (χ4n) is 1.85. The number of methoxy groups -OCH3 is 1. The molecule has 0 aliphatic heterocycles. The minimum absolute atomic E-state index is 0.0905. The molecule has 1 unspecified atom stereocenters. The zero-order valence-electron chi connectivity index (χ0n) is 11.4. The molecular weight excluding hydrogens is 210 g/mol. The highest BCUT2D eigenvalue weighted by Gasteiger charge is 2.19. The molecule has 0 heterocycles. The minimum atomic E-state index is -0.0905. The van der Waals surface area contributed by atoms with Gasteiger partial charge in [0.05, 0.1) is 19.1 Å². The Hall–Kier alpha value is -1.49. The van der Waals surface area contributed by atoms with Gasteiger partial charge in [-0.2, -0.15) is 5.26 Å². The lowest BCUT2D eigenvalue weighted by atomic mass is 9.84. The zero-order valence-corrected chi connectivity index (χ0v) is 11.4. The van der Waals surface area contributed by atoms with Gasteiger partial charge < -0.3 is 4.74 Å². The Labute approximate surface area is 104 Å². The van der Waals surface area contributed by atoms with E-state index in [0.29, 0.717) is 0 Å². The van der Waals surface area contributed by atoms with Gasteiger partial charge >= 0.3 is 0 Å².